The first-order chi connectivity index (χ1) is 10.8. The van der Waals surface area contributed by atoms with Crippen LogP contribution in [0.4, 0.5) is 4.39 Å². The molecule has 1 fully saturated rings. The fourth-order valence-electron chi connectivity index (χ4n) is 2.80. The molecule has 2 amide bonds. The summed E-state index contributed by atoms with van der Waals surface area (Å²) < 4.78 is 13.1. The molecule has 2 rings (SSSR count). The van der Waals surface area contributed by atoms with Gasteiger partial charge in [-0.3, -0.25) is 9.59 Å². The summed E-state index contributed by atoms with van der Waals surface area (Å²) in [5.74, 6) is -0.258. The maximum absolute atomic E-state index is 13.1. The predicted molar refractivity (Wildman–Crippen MR) is 87.0 cm³/mol. The number of rotatable bonds is 3. The van der Waals surface area contributed by atoms with Crippen LogP contribution in [0.3, 0.4) is 0 Å². The Labute approximate surface area is 137 Å². The lowest BCUT2D eigenvalue weighted by Gasteiger charge is -2.35. The van der Waals surface area contributed by atoms with Gasteiger partial charge >= 0.3 is 0 Å². The van der Waals surface area contributed by atoms with Gasteiger partial charge < -0.3 is 10.2 Å². The van der Waals surface area contributed by atoms with Crippen molar-refractivity contribution in [3.63, 3.8) is 0 Å². The molecule has 0 radical (unpaired) electrons. The number of hydrogen-bond acceptors (Lipinski definition) is 2. The summed E-state index contributed by atoms with van der Waals surface area (Å²) in [5.41, 5.74) is 0.366. The van der Waals surface area contributed by atoms with Gasteiger partial charge in [-0.15, -0.1) is 0 Å². The molecule has 0 aliphatic carbocycles. The van der Waals surface area contributed by atoms with E-state index in [9.17, 15) is 14.0 Å². The third-order valence-corrected chi connectivity index (χ3v) is 4.15. The van der Waals surface area contributed by atoms with E-state index >= 15 is 0 Å². The second-order valence-electron chi connectivity index (χ2n) is 7.16. The van der Waals surface area contributed by atoms with Gasteiger partial charge in [0, 0.05) is 31.0 Å². The minimum Gasteiger partial charge on any atom is -0.352 e. The van der Waals surface area contributed by atoms with Crippen molar-refractivity contribution in [2.45, 2.75) is 40.2 Å². The van der Waals surface area contributed by atoms with E-state index in [0.29, 0.717) is 32.5 Å². The first kappa shape index (κ1) is 17.4. The van der Waals surface area contributed by atoms with Gasteiger partial charge in [0.25, 0.3) is 0 Å². The van der Waals surface area contributed by atoms with E-state index in [2.05, 4.69) is 5.32 Å². The van der Waals surface area contributed by atoms with E-state index in [4.69, 9.17) is 0 Å². The van der Waals surface area contributed by atoms with E-state index in [0.717, 1.165) is 5.56 Å². The van der Waals surface area contributed by atoms with Crippen LogP contribution in [-0.4, -0.2) is 29.8 Å². The average molecular weight is 320 g/mol. The van der Waals surface area contributed by atoms with Gasteiger partial charge in [-0.2, -0.15) is 0 Å². The molecule has 1 aliphatic heterocycles. The van der Waals surface area contributed by atoms with Crippen LogP contribution in [0, 0.1) is 17.2 Å². The number of likely N-dealkylation sites (tertiary alicyclic amines) is 1. The third-order valence-electron chi connectivity index (χ3n) is 4.15. The molecule has 4 nitrogen and oxygen atoms in total. The molecule has 1 aromatic carbocycles. The molecule has 1 N–H and O–H groups in total. The van der Waals surface area contributed by atoms with Crippen LogP contribution >= 0.6 is 0 Å². The number of halogens is 1. The van der Waals surface area contributed by atoms with Gasteiger partial charge in [-0.25, -0.2) is 4.39 Å². The highest BCUT2D eigenvalue weighted by atomic mass is 19.1. The second kappa shape index (κ2) is 7.11. The minimum atomic E-state index is -0.382. The standard InChI is InChI=1S/C18H25FN2O2/c1-18(2,3)17(23)21-9-7-14(8-10-21)16(22)20-12-13-5-4-6-15(19)11-13/h4-6,11,14H,7-10,12H2,1-3H3,(H,20,22). The summed E-state index contributed by atoms with van der Waals surface area (Å²) in [6.07, 6.45) is 1.35. The molecule has 0 unspecified atom stereocenters. The molecule has 1 heterocycles. The number of carbonyl (C=O) groups excluding carboxylic acids is 2. The summed E-state index contributed by atoms with van der Waals surface area (Å²) in [7, 11) is 0. The highest BCUT2D eigenvalue weighted by molar-refractivity contribution is 5.82. The first-order valence-electron chi connectivity index (χ1n) is 8.09. The molecule has 1 aliphatic rings. The van der Waals surface area contributed by atoms with E-state index in [-0.39, 0.29) is 29.0 Å². The zero-order chi connectivity index (χ0) is 17.0. The number of nitrogens with zero attached hydrogens (tertiary/aromatic N) is 1. The van der Waals surface area contributed by atoms with Crippen LogP contribution < -0.4 is 5.32 Å². The van der Waals surface area contributed by atoms with Gasteiger partial charge in [0.2, 0.25) is 11.8 Å². The molecule has 1 saturated heterocycles. The third kappa shape index (κ3) is 4.78. The highest BCUT2D eigenvalue weighted by Gasteiger charge is 2.32. The maximum atomic E-state index is 13.1. The van der Waals surface area contributed by atoms with Crippen molar-refractivity contribution in [3.8, 4) is 0 Å². The van der Waals surface area contributed by atoms with Crippen LogP contribution in [0.5, 0.6) is 0 Å². The fraction of sp³-hybridized carbons (Fsp3) is 0.556. The molecule has 0 saturated carbocycles. The molecular weight excluding hydrogens is 295 g/mol. The molecule has 0 spiro atoms. The molecule has 126 valence electrons. The lowest BCUT2D eigenvalue weighted by molar-refractivity contribution is -0.142. The zero-order valence-electron chi connectivity index (χ0n) is 14.1. The molecule has 0 bridgehead atoms. The van der Waals surface area contributed by atoms with Gasteiger partial charge in [-0.1, -0.05) is 32.9 Å². The summed E-state index contributed by atoms with van der Waals surface area (Å²) >= 11 is 0. The van der Waals surface area contributed by atoms with Crippen molar-refractivity contribution in [1.29, 1.82) is 0 Å². The molecule has 1 aromatic rings. The molecule has 0 aromatic heterocycles. The predicted octanol–water partition coefficient (Wildman–Crippen LogP) is 2.73. The topological polar surface area (TPSA) is 49.4 Å². The van der Waals surface area contributed by atoms with E-state index < -0.39 is 0 Å². The van der Waals surface area contributed by atoms with Gasteiger partial charge in [0.1, 0.15) is 5.82 Å². The van der Waals surface area contributed by atoms with Crippen LogP contribution in [0.15, 0.2) is 24.3 Å². The van der Waals surface area contributed by atoms with E-state index in [1.54, 1.807) is 12.1 Å². The Balaban J connectivity index is 1.81. The highest BCUT2D eigenvalue weighted by Crippen LogP contribution is 2.23. The van der Waals surface area contributed by atoms with Crippen LogP contribution in [0.2, 0.25) is 0 Å². The summed E-state index contributed by atoms with van der Waals surface area (Å²) in [5, 5.41) is 2.86. The largest absolute Gasteiger partial charge is 0.352 e. The number of amides is 2. The van der Waals surface area contributed by atoms with Crippen molar-refractivity contribution in [3.05, 3.63) is 35.6 Å². The number of benzene rings is 1. The van der Waals surface area contributed by atoms with Gasteiger partial charge in [-0.05, 0) is 30.5 Å². The summed E-state index contributed by atoms with van der Waals surface area (Å²) in [4.78, 5) is 26.3. The van der Waals surface area contributed by atoms with Crippen molar-refractivity contribution in [1.82, 2.24) is 10.2 Å². The zero-order valence-corrected chi connectivity index (χ0v) is 14.1. The van der Waals surface area contributed by atoms with Gasteiger partial charge in [0.15, 0.2) is 0 Å². The Hall–Kier alpha value is -1.91. The molecule has 23 heavy (non-hydrogen) atoms. The Morgan fingerprint density at radius 2 is 1.91 bits per heavy atom. The number of hydrogen-bond donors (Lipinski definition) is 1. The molecule has 5 heteroatoms. The van der Waals surface area contributed by atoms with Crippen molar-refractivity contribution in [2.75, 3.05) is 13.1 Å². The van der Waals surface area contributed by atoms with Crippen LogP contribution in [0.1, 0.15) is 39.2 Å². The Morgan fingerprint density at radius 3 is 2.48 bits per heavy atom. The van der Waals surface area contributed by atoms with Crippen molar-refractivity contribution in [2.24, 2.45) is 11.3 Å². The first-order valence-corrected chi connectivity index (χ1v) is 8.09. The Bertz CT molecular complexity index is 573. The number of nitrogens with one attached hydrogen (secondary N) is 1. The quantitative estimate of drug-likeness (QED) is 0.931. The minimum absolute atomic E-state index is 0.0166. The SMILES string of the molecule is CC(C)(C)C(=O)N1CCC(C(=O)NCc2cccc(F)c2)CC1. The smallest absolute Gasteiger partial charge is 0.227 e. The number of piperidine rings is 1. The number of carbonyl (C=O) groups is 2. The Morgan fingerprint density at radius 1 is 1.26 bits per heavy atom. The summed E-state index contributed by atoms with van der Waals surface area (Å²) in [6.45, 7) is 7.30. The lowest BCUT2D eigenvalue weighted by atomic mass is 9.90. The van der Waals surface area contributed by atoms with Gasteiger partial charge in [0.05, 0.1) is 0 Å². The fourth-order valence-corrected chi connectivity index (χ4v) is 2.80. The molecular formula is C18H25FN2O2. The van der Waals surface area contributed by atoms with Crippen molar-refractivity contribution >= 4 is 11.8 Å². The lowest BCUT2D eigenvalue weighted by Crippen LogP contribution is -2.46. The second-order valence-corrected chi connectivity index (χ2v) is 7.16. The average Bonchev–Trinajstić information content (AvgIpc) is 2.51. The van der Waals surface area contributed by atoms with E-state index in [1.165, 1.54) is 12.1 Å². The normalized spacial score (nSPS) is 16.3. The maximum Gasteiger partial charge on any atom is 0.227 e. The van der Waals surface area contributed by atoms with Crippen LogP contribution in [-0.2, 0) is 16.1 Å². The van der Waals surface area contributed by atoms with Crippen molar-refractivity contribution < 1.29 is 14.0 Å². The van der Waals surface area contributed by atoms with E-state index in [1.807, 2.05) is 25.7 Å². The summed E-state index contributed by atoms with van der Waals surface area (Å²) in [6, 6.07) is 6.22. The monoisotopic (exact) mass is 320 g/mol. The Kier molecular flexibility index (Phi) is 5.39. The van der Waals surface area contributed by atoms with Crippen LogP contribution in [0.25, 0.3) is 0 Å². The molecule has 0 atom stereocenters.